The van der Waals surface area contributed by atoms with Crippen molar-refractivity contribution in [1.82, 2.24) is 15.0 Å². The molecule has 0 bridgehead atoms. The lowest BCUT2D eigenvalue weighted by Crippen LogP contribution is -2.44. The summed E-state index contributed by atoms with van der Waals surface area (Å²) in [4.78, 5) is 17.9. The third-order valence-corrected chi connectivity index (χ3v) is 6.99. The van der Waals surface area contributed by atoms with E-state index < -0.39 is 11.8 Å². The molecule has 2 aromatic carbocycles. The Morgan fingerprint density at radius 1 is 1.09 bits per heavy atom. The van der Waals surface area contributed by atoms with Gasteiger partial charge in [0.05, 0.1) is 24.0 Å². The normalized spacial score (nSPS) is 19.7. The van der Waals surface area contributed by atoms with Gasteiger partial charge in [0, 0.05) is 30.3 Å². The molecule has 1 aliphatic heterocycles. The van der Waals surface area contributed by atoms with Crippen LogP contribution in [0.2, 0.25) is 0 Å². The maximum Gasteiger partial charge on any atom is 0.306 e. The quantitative estimate of drug-likeness (QED) is 0.433. The Kier molecular flexibility index (Phi) is 4.84. The minimum atomic E-state index is -0.703. The number of aryl methyl sites for hydroxylation is 1. The molecule has 1 N–H and O–H groups in total. The zero-order chi connectivity index (χ0) is 23.4. The molecule has 0 amide bonds. The first kappa shape index (κ1) is 20.8. The Morgan fingerprint density at radius 2 is 1.91 bits per heavy atom. The second kappa shape index (κ2) is 7.92. The van der Waals surface area contributed by atoms with Crippen molar-refractivity contribution in [1.29, 1.82) is 0 Å². The molecular weight excluding hydrogens is 437 g/mol. The van der Waals surface area contributed by atoms with Gasteiger partial charge in [-0.2, -0.15) is 4.98 Å². The minimum Gasteiger partial charge on any atom is -0.481 e. The Morgan fingerprint density at radius 3 is 2.68 bits per heavy atom. The highest BCUT2D eigenvalue weighted by atomic mass is 19.1. The number of benzene rings is 2. The fourth-order valence-corrected chi connectivity index (χ4v) is 4.93. The van der Waals surface area contributed by atoms with Crippen molar-refractivity contribution in [3.63, 3.8) is 0 Å². The van der Waals surface area contributed by atoms with E-state index in [1.165, 1.54) is 17.2 Å². The smallest absolute Gasteiger partial charge is 0.306 e. The lowest BCUT2D eigenvalue weighted by molar-refractivity contribution is -0.147. The lowest BCUT2D eigenvalue weighted by atomic mass is 9.79. The van der Waals surface area contributed by atoms with Crippen molar-refractivity contribution in [3.8, 4) is 34.0 Å². The number of carboxylic acids is 1. The molecule has 1 aliphatic carbocycles. The van der Waals surface area contributed by atoms with Gasteiger partial charge in [-0.25, -0.2) is 4.39 Å². The Labute approximate surface area is 194 Å². The summed E-state index contributed by atoms with van der Waals surface area (Å²) in [6, 6.07) is 11.3. The van der Waals surface area contributed by atoms with Crippen molar-refractivity contribution < 1.29 is 23.2 Å². The van der Waals surface area contributed by atoms with Crippen LogP contribution in [0, 0.1) is 18.7 Å². The molecule has 4 aromatic rings. The largest absolute Gasteiger partial charge is 0.481 e. The third kappa shape index (κ3) is 3.51. The molecule has 0 spiro atoms. The predicted molar refractivity (Wildman–Crippen MR) is 121 cm³/mol. The van der Waals surface area contributed by atoms with Gasteiger partial charge in [0.2, 0.25) is 5.82 Å². The number of aromatic nitrogens is 2. The molecule has 0 atom stereocenters. The molecule has 1 saturated carbocycles. The molecule has 0 unspecified atom stereocenters. The van der Waals surface area contributed by atoms with Crippen molar-refractivity contribution in [2.75, 3.05) is 0 Å². The van der Waals surface area contributed by atoms with E-state index >= 15 is 0 Å². The van der Waals surface area contributed by atoms with E-state index in [-0.39, 0.29) is 17.4 Å². The first-order valence-corrected chi connectivity index (χ1v) is 11.2. The molecule has 3 heterocycles. The van der Waals surface area contributed by atoms with Crippen LogP contribution in [-0.4, -0.2) is 32.2 Å². The Bertz CT molecular complexity index is 1390. The lowest BCUT2D eigenvalue weighted by Gasteiger charge is -2.39. The first-order chi connectivity index (χ1) is 16.5. The number of furan rings is 1. The average molecular weight is 459 g/mol. The van der Waals surface area contributed by atoms with Gasteiger partial charge in [0.1, 0.15) is 5.82 Å². The fourth-order valence-electron chi connectivity index (χ4n) is 4.93. The highest BCUT2D eigenvalue weighted by Gasteiger charge is 2.39. The second-order valence-electron chi connectivity index (χ2n) is 9.13. The van der Waals surface area contributed by atoms with Gasteiger partial charge >= 0.3 is 5.97 Å². The number of hydrogen-bond donors (Lipinski definition) is 1. The number of fused-ring (bicyclic) bond motifs is 1. The highest BCUT2D eigenvalue weighted by Crippen LogP contribution is 2.38. The van der Waals surface area contributed by atoms with Gasteiger partial charge in [-0.15, -0.1) is 0 Å². The van der Waals surface area contributed by atoms with Crippen LogP contribution < -0.4 is 0 Å². The number of nitrogens with zero attached hydrogens (tertiary/aromatic N) is 3. The molecule has 2 aliphatic rings. The number of carboxylic acid groups (broad SMARTS) is 1. The molecule has 8 heteroatoms. The summed E-state index contributed by atoms with van der Waals surface area (Å²) < 4.78 is 25.5. The maximum absolute atomic E-state index is 14.9. The standard InChI is InChI=1S/C26H22FN3O4/c1-14-6-22(23(27)10-21(14)17-4-5-33-13-17)25-28-24(29-34-25)15-2-3-16-11-30(12-19(16)7-15)20-8-18(9-20)26(31)32/h2-7,10,13,18,20H,8-9,11-12H2,1H3,(H,31,32)/t18-,20-. The van der Waals surface area contributed by atoms with Crippen molar-refractivity contribution >= 4 is 5.97 Å². The molecule has 34 heavy (non-hydrogen) atoms. The van der Waals surface area contributed by atoms with E-state index in [1.54, 1.807) is 24.7 Å². The van der Waals surface area contributed by atoms with Gasteiger partial charge in [-0.3, -0.25) is 9.69 Å². The molecule has 0 radical (unpaired) electrons. The minimum absolute atomic E-state index is 0.130. The van der Waals surface area contributed by atoms with Gasteiger partial charge in [0.15, 0.2) is 0 Å². The zero-order valence-electron chi connectivity index (χ0n) is 18.5. The summed E-state index contributed by atoms with van der Waals surface area (Å²) in [6.45, 7) is 3.49. The number of halogens is 1. The van der Waals surface area contributed by atoms with Crippen LogP contribution in [0.4, 0.5) is 4.39 Å². The molecule has 172 valence electrons. The summed E-state index contributed by atoms with van der Waals surface area (Å²) in [5.74, 6) is -0.833. The van der Waals surface area contributed by atoms with Gasteiger partial charge in [-0.1, -0.05) is 17.3 Å². The van der Waals surface area contributed by atoms with Gasteiger partial charge in [-0.05, 0) is 66.3 Å². The number of aliphatic carboxylic acids is 1. The van der Waals surface area contributed by atoms with Crippen molar-refractivity contribution in [2.45, 2.75) is 38.9 Å². The Hall–Kier alpha value is -3.78. The van der Waals surface area contributed by atoms with Crippen LogP contribution in [0.1, 0.15) is 29.5 Å². The number of rotatable bonds is 5. The predicted octanol–water partition coefficient (Wildman–Crippen LogP) is 5.29. The molecule has 7 nitrogen and oxygen atoms in total. The van der Waals surface area contributed by atoms with Crippen LogP contribution >= 0.6 is 0 Å². The van der Waals surface area contributed by atoms with Crippen LogP contribution in [0.15, 0.2) is 57.9 Å². The van der Waals surface area contributed by atoms with Crippen LogP contribution in [-0.2, 0) is 17.9 Å². The van der Waals surface area contributed by atoms with E-state index in [9.17, 15) is 9.18 Å². The van der Waals surface area contributed by atoms with E-state index in [1.807, 2.05) is 19.1 Å². The summed E-state index contributed by atoms with van der Waals surface area (Å²) in [7, 11) is 0. The zero-order valence-corrected chi connectivity index (χ0v) is 18.5. The maximum atomic E-state index is 14.9. The summed E-state index contributed by atoms with van der Waals surface area (Å²) in [6.07, 6.45) is 4.54. The van der Waals surface area contributed by atoms with E-state index in [2.05, 4.69) is 21.1 Å². The Balaban J connectivity index is 1.22. The average Bonchev–Trinajstić information content (AvgIpc) is 3.53. The number of carbonyl (C=O) groups is 1. The van der Waals surface area contributed by atoms with Gasteiger partial charge in [0.25, 0.3) is 5.89 Å². The monoisotopic (exact) mass is 459 g/mol. The first-order valence-electron chi connectivity index (χ1n) is 11.2. The van der Waals surface area contributed by atoms with E-state index in [4.69, 9.17) is 14.0 Å². The molecule has 0 saturated heterocycles. The van der Waals surface area contributed by atoms with Crippen molar-refractivity contribution in [3.05, 3.63) is 71.4 Å². The SMILES string of the molecule is Cc1cc(-c2nc(-c3ccc4c(c3)CN([C@H]3C[C@H](C(=O)O)C3)C4)no2)c(F)cc1-c1ccoc1. The fraction of sp³-hybridized carbons (Fsp3) is 0.269. The topological polar surface area (TPSA) is 92.6 Å². The second-order valence-corrected chi connectivity index (χ2v) is 9.13. The van der Waals surface area contributed by atoms with E-state index in [0.717, 1.165) is 35.3 Å². The number of hydrogen-bond acceptors (Lipinski definition) is 6. The van der Waals surface area contributed by atoms with Crippen LogP contribution in [0.3, 0.4) is 0 Å². The summed E-state index contributed by atoms with van der Waals surface area (Å²) in [5, 5.41) is 13.2. The van der Waals surface area contributed by atoms with Crippen LogP contribution in [0.25, 0.3) is 34.0 Å². The molecule has 1 fully saturated rings. The third-order valence-electron chi connectivity index (χ3n) is 6.99. The summed E-state index contributed by atoms with van der Waals surface area (Å²) >= 11 is 0. The van der Waals surface area contributed by atoms with Crippen LogP contribution in [0.5, 0.6) is 0 Å². The summed E-state index contributed by atoms with van der Waals surface area (Å²) in [5.41, 5.74) is 5.89. The highest BCUT2D eigenvalue weighted by molar-refractivity contribution is 5.72. The van der Waals surface area contributed by atoms with Gasteiger partial charge < -0.3 is 14.0 Å². The molecular formula is C26H22FN3O4. The molecule has 6 rings (SSSR count). The van der Waals surface area contributed by atoms with Crippen molar-refractivity contribution in [2.24, 2.45) is 5.92 Å². The molecule has 2 aromatic heterocycles. The van der Waals surface area contributed by atoms with E-state index in [0.29, 0.717) is 24.7 Å².